The highest BCUT2D eigenvalue weighted by atomic mass is 79.9. The highest BCUT2D eigenvalue weighted by Crippen LogP contribution is 2.40. The topological polar surface area (TPSA) is 20.2 Å². The molecular formula is C16H22BrFO. The largest absolute Gasteiger partial charge is 0.392 e. The summed E-state index contributed by atoms with van der Waals surface area (Å²) in [5.74, 6) is 0.0951. The fourth-order valence-corrected chi connectivity index (χ4v) is 3.33. The van der Waals surface area contributed by atoms with Crippen molar-refractivity contribution in [2.45, 2.75) is 52.1 Å². The van der Waals surface area contributed by atoms with Crippen molar-refractivity contribution in [1.29, 1.82) is 0 Å². The van der Waals surface area contributed by atoms with Crippen molar-refractivity contribution in [3.8, 4) is 0 Å². The zero-order valence-corrected chi connectivity index (χ0v) is 13.2. The summed E-state index contributed by atoms with van der Waals surface area (Å²) in [6.45, 7) is 4.58. The SMILES string of the molecule is CC1(C)CCC(C(O)Cc2cccc(F)c2Br)CC1. The minimum atomic E-state index is -0.366. The van der Waals surface area contributed by atoms with Crippen molar-refractivity contribution in [3.05, 3.63) is 34.1 Å². The van der Waals surface area contributed by atoms with Gasteiger partial charge in [-0.25, -0.2) is 4.39 Å². The van der Waals surface area contributed by atoms with E-state index in [0.717, 1.165) is 18.4 Å². The van der Waals surface area contributed by atoms with Crippen molar-refractivity contribution in [1.82, 2.24) is 0 Å². The van der Waals surface area contributed by atoms with Crippen molar-refractivity contribution >= 4 is 15.9 Å². The van der Waals surface area contributed by atoms with Crippen LogP contribution in [0.4, 0.5) is 4.39 Å². The predicted octanol–water partition coefficient (Wildman–Crippen LogP) is 4.71. The van der Waals surface area contributed by atoms with Crippen LogP contribution in [0, 0.1) is 17.2 Å². The van der Waals surface area contributed by atoms with E-state index in [1.54, 1.807) is 6.07 Å². The summed E-state index contributed by atoms with van der Waals surface area (Å²) in [5.41, 5.74) is 1.27. The van der Waals surface area contributed by atoms with Gasteiger partial charge in [0.1, 0.15) is 5.82 Å². The number of rotatable bonds is 3. The molecule has 0 saturated heterocycles. The smallest absolute Gasteiger partial charge is 0.137 e. The summed E-state index contributed by atoms with van der Waals surface area (Å²) in [5, 5.41) is 10.4. The predicted molar refractivity (Wildman–Crippen MR) is 79.5 cm³/mol. The van der Waals surface area contributed by atoms with Gasteiger partial charge in [0.2, 0.25) is 0 Å². The first-order valence-corrected chi connectivity index (χ1v) is 7.79. The van der Waals surface area contributed by atoms with Gasteiger partial charge in [-0.2, -0.15) is 0 Å². The van der Waals surface area contributed by atoms with Gasteiger partial charge in [-0.15, -0.1) is 0 Å². The Balaban J connectivity index is 1.98. The van der Waals surface area contributed by atoms with Crippen LogP contribution in [-0.4, -0.2) is 11.2 Å². The van der Waals surface area contributed by atoms with Crippen LogP contribution in [0.5, 0.6) is 0 Å². The second kappa shape index (κ2) is 5.92. The average molecular weight is 329 g/mol. The van der Waals surface area contributed by atoms with E-state index in [9.17, 15) is 9.50 Å². The van der Waals surface area contributed by atoms with Crippen LogP contribution < -0.4 is 0 Å². The molecule has 1 N–H and O–H groups in total. The van der Waals surface area contributed by atoms with E-state index < -0.39 is 0 Å². The number of benzene rings is 1. The highest BCUT2D eigenvalue weighted by molar-refractivity contribution is 9.10. The molecule has 3 heteroatoms. The van der Waals surface area contributed by atoms with Crippen LogP contribution in [0.3, 0.4) is 0 Å². The minimum Gasteiger partial charge on any atom is -0.392 e. The summed E-state index contributed by atoms with van der Waals surface area (Å²) >= 11 is 3.26. The number of hydrogen-bond donors (Lipinski definition) is 1. The molecule has 1 aromatic carbocycles. The lowest BCUT2D eigenvalue weighted by Gasteiger charge is -2.36. The first-order chi connectivity index (χ1) is 8.89. The van der Waals surface area contributed by atoms with Crippen molar-refractivity contribution in [2.75, 3.05) is 0 Å². The molecule has 0 bridgehead atoms. The molecule has 1 saturated carbocycles. The van der Waals surface area contributed by atoms with Gasteiger partial charge in [0.25, 0.3) is 0 Å². The van der Waals surface area contributed by atoms with Gasteiger partial charge in [-0.1, -0.05) is 26.0 Å². The standard InChI is InChI=1S/C16H22BrFO/c1-16(2)8-6-11(7-9-16)14(19)10-12-4-3-5-13(18)15(12)17/h3-5,11,14,19H,6-10H2,1-2H3. The maximum atomic E-state index is 13.4. The third kappa shape index (κ3) is 3.79. The molecule has 1 aliphatic carbocycles. The molecule has 0 radical (unpaired) electrons. The Morgan fingerprint density at radius 2 is 2.00 bits per heavy atom. The Morgan fingerprint density at radius 1 is 1.37 bits per heavy atom. The zero-order valence-electron chi connectivity index (χ0n) is 11.6. The Morgan fingerprint density at radius 3 is 2.63 bits per heavy atom. The number of aliphatic hydroxyl groups excluding tert-OH is 1. The van der Waals surface area contributed by atoms with Crippen LogP contribution in [-0.2, 0) is 6.42 Å². The van der Waals surface area contributed by atoms with Gasteiger partial charge in [-0.05, 0) is 71.0 Å². The van der Waals surface area contributed by atoms with Gasteiger partial charge < -0.3 is 5.11 Å². The van der Waals surface area contributed by atoms with Crippen LogP contribution >= 0.6 is 15.9 Å². The van der Waals surface area contributed by atoms with Crippen LogP contribution in [0.25, 0.3) is 0 Å². The summed E-state index contributed by atoms with van der Waals surface area (Å²) in [4.78, 5) is 0. The minimum absolute atomic E-state index is 0.255. The van der Waals surface area contributed by atoms with E-state index in [4.69, 9.17) is 0 Å². The summed E-state index contributed by atoms with van der Waals surface area (Å²) in [6.07, 6.45) is 4.64. The van der Waals surface area contributed by atoms with Gasteiger partial charge in [-0.3, -0.25) is 0 Å². The van der Waals surface area contributed by atoms with Crippen molar-refractivity contribution < 1.29 is 9.50 Å². The first kappa shape index (κ1) is 15.0. The Labute approximate surface area is 123 Å². The lowest BCUT2D eigenvalue weighted by molar-refractivity contribution is 0.0575. The van der Waals surface area contributed by atoms with Crippen molar-refractivity contribution in [2.24, 2.45) is 11.3 Å². The lowest BCUT2D eigenvalue weighted by atomic mass is 9.71. The zero-order chi connectivity index (χ0) is 14.0. The van der Waals surface area contributed by atoms with Gasteiger partial charge in [0.05, 0.1) is 10.6 Å². The third-order valence-electron chi connectivity index (χ3n) is 4.39. The molecule has 0 spiro atoms. The van der Waals surface area contributed by atoms with Crippen molar-refractivity contribution in [3.63, 3.8) is 0 Å². The van der Waals surface area contributed by atoms with Crippen LogP contribution in [0.2, 0.25) is 0 Å². The Kier molecular flexibility index (Phi) is 4.67. The molecule has 0 amide bonds. The summed E-state index contributed by atoms with van der Waals surface area (Å²) in [7, 11) is 0. The fourth-order valence-electron chi connectivity index (χ4n) is 2.90. The molecule has 1 aliphatic rings. The van der Waals surface area contributed by atoms with Gasteiger partial charge in [0, 0.05) is 0 Å². The lowest BCUT2D eigenvalue weighted by Crippen LogP contribution is -2.30. The maximum absolute atomic E-state index is 13.4. The fraction of sp³-hybridized carbons (Fsp3) is 0.625. The van der Waals surface area contributed by atoms with Gasteiger partial charge in [0.15, 0.2) is 0 Å². The first-order valence-electron chi connectivity index (χ1n) is 7.00. The molecule has 0 aliphatic heterocycles. The quantitative estimate of drug-likeness (QED) is 0.852. The molecule has 1 atom stereocenters. The van der Waals surface area contributed by atoms with E-state index in [1.165, 1.54) is 18.9 Å². The molecule has 1 fully saturated rings. The van der Waals surface area contributed by atoms with E-state index in [2.05, 4.69) is 29.8 Å². The van der Waals surface area contributed by atoms with E-state index in [0.29, 0.717) is 22.2 Å². The highest BCUT2D eigenvalue weighted by Gasteiger charge is 2.30. The molecule has 106 valence electrons. The van der Waals surface area contributed by atoms with Crippen LogP contribution in [0.1, 0.15) is 45.1 Å². The second-order valence-corrected chi connectivity index (χ2v) is 7.28. The normalized spacial score (nSPS) is 21.3. The number of aliphatic hydroxyl groups is 1. The molecule has 1 nitrogen and oxygen atoms in total. The maximum Gasteiger partial charge on any atom is 0.137 e. The van der Waals surface area contributed by atoms with Gasteiger partial charge >= 0.3 is 0 Å². The molecule has 0 aromatic heterocycles. The Hall–Kier alpha value is -0.410. The number of hydrogen-bond acceptors (Lipinski definition) is 1. The Bertz CT molecular complexity index is 434. The molecule has 0 heterocycles. The molecule has 19 heavy (non-hydrogen) atoms. The van der Waals surface area contributed by atoms with Crippen LogP contribution in [0.15, 0.2) is 22.7 Å². The average Bonchev–Trinajstić information content (AvgIpc) is 2.35. The molecule has 1 unspecified atom stereocenters. The van der Waals surface area contributed by atoms with E-state index >= 15 is 0 Å². The molecule has 1 aromatic rings. The monoisotopic (exact) mass is 328 g/mol. The molecule has 2 rings (SSSR count). The van der Waals surface area contributed by atoms with E-state index in [-0.39, 0.29) is 11.9 Å². The summed E-state index contributed by atoms with van der Waals surface area (Å²) < 4.78 is 13.9. The summed E-state index contributed by atoms with van der Waals surface area (Å²) in [6, 6.07) is 5.01. The van der Waals surface area contributed by atoms with E-state index in [1.807, 2.05) is 6.07 Å². The third-order valence-corrected chi connectivity index (χ3v) is 5.28. The number of halogens is 2. The molecular weight excluding hydrogens is 307 g/mol. The second-order valence-electron chi connectivity index (χ2n) is 6.49.